The van der Waals surface area contributed by atoms with E-state index in [-0.39, 0.29) is 24.7 Å². The molecule has 0 bridgehead atoms. The van der Waals surface area contributed by atoms with Crippen molar-refractivity contribution in [1.29, 1.82) is 0 Å². The minimum Gasteiger partial charge on any atom is -0.444 e. The summed E-state index contributed by atoms with van der Waals surface area (Å²) in [7, 11) is 0. The third-order valence-corrected chi connectivity index (χ3v) is 5.65. The minimum atomic E-state index is -3.02. The van der Waals surface area contributed by atoms with Crippen molar-refractivity contribution < 1.29 is 22.7 Å². The Kier molecular flexibility index (Phi) is 6.03. The molecule has 1 atom stereocenters. The largest absolute Gasteiger partial charge is 0.444 e. The van der Waals surface area contributed by atoms with Crippen molar-refractivity contribution in [3.8, 4) is 0 Å². The van der Waals surface area contributed by atoms with E-state index in [9.17, 15) is 18.0 Å². The van der Waals surface area contributed by atoms with Crippen LogP contribution in [0.1, 0.15) is 51.5 Å². The maximum atomic E-state index is 14.9. The molecule has 1 amide bonds. The third kappa shape index (κ3) is 5.15. The number of carbonyl (C=O) groups is 1. The maximum absolute atomic E-state index is 14.9. The fraction of sp³-hybridized carbons (Fsp3) is 0.667. The van der Waals surface area contributed by atoms with Gasteiger partial charge in [-0.3, -0.25) is 4.90 Å². The van der Waals surface area contributed by atoms with Gasteiger partial charge in [-0.15, -0.1) is 0 Å². The van der Waals surface area contributed by atoms with Crippen molar-refractivity contribution in [2.45, 2.75) is 63.5 Å². The molecular weight excluding hydrogens is 383 g/mol. The average Bonchev–Trinajstić information content (AvgIpc) is 2.60. The lowest BCUT2D eigenvalue weighted by Gasteiger charge is -2.45. The predicted molar refractivity (Wildman–Crippen MR) is 106 cm³/mol. The maximum Gasteiger partial charge on any atom is 0.410 e. The summed E-state index contributed by atoms with van der Waals surface area (Å²) >= 11 is 0. The summed E-state index contributed by atoms with van der Waals surface area (Å²) in [5.41, 5.74) is 5.86. The molecule has 0 radical (unpaired) electrons. The third-order valence-electron chi connectivity index (χ3n) is 5.65. The number of rotatable bonds is 2. The van der Waals surface area contributed by atoms with Crippen LogP contribution in [-0.4, -0.2) is 59.6 Å². The molecular formula is C21H30F3N3O2. The van der Waals surface area contributed by atoms with Crippen LogP contribution in [0.3, 0.4) is 0 Å². The Morgan fingerprint density at radius 3 is 2.38 bits per heavy atom. The number of nitrogens with two attached hydrogens (primary N) is 1. The second-order valence-corrected chi connectivity index (χ2v) is 9.06. The van der Waals surface area contributed by atoms with Crippen LogP contribution in [0.2, 0.25) is 0 Å². The van der Waals surface area contributed by atoms with Gasteiger partial charge in [-0.25, -0.2) is 18.0 Å². The van der Waals surface area contributed by atoms with Crippen LogP contribution in [0.4, 0.5) is 23.7 Å². The normalized spacial score (nSPS) is 23.8. The molecule has 1 aromatic carbocycles. The summed E-state index contributed by atoms with van der Waals surface area (Å²) < 4.78 is 49.1. The number of nitrogen functional groups attached to an aromatic ring is 1. The smallest absolute Gasteiger partial charge is 0.410 e. The number of benzene rings is 1. The fourth-order valence-electron chi connectivity index (χ4n) is 4.26. The molecule has 2 aliphatic rings. The lowest BCUT2D eigenvalue weighted by molar-refractivity contribution is -0.129. The topological polar surface area (TPSA) is 58.8 Å². The highest BCUT2D eigenvalue weighted by Gasteiger charge is 2.49. The molecule has 0 aromatic heterocycles. The summed E-state index contributed by atoms with van der Waals surface area (Å²) in [4.78, 5) is 15.0. The number of hydrogen-bond acceptors (Lipinski definition) is 4. The Labute approximate surface area is 170 Å². The molecule has 5 nitrogen and oxygen atoms in total. The summed E-state index contributed by atoms with van der Waals surface area (Å²) in [6, 6.07) is 3.75. The van der Waals surface area contributed by atoms with E-state index in [1.165, 1.54) is 6.07 Å². The second kappa shape index (κ2) is 8.05. The highest BCUT2D eigenvalue weighted by Crippen LogP contribution is 2.37. The van der Waals surface area contributed by atoms with Crippen LogP contribution in [0.15, 0.2) is 18.2 Å². The van der Waals surface area contributed by atoms with Gasteiger partial charge in [-0.2, -0.15) is 0 Å². The van der Waals surface area contributed by atoms with E-state index in [2.05, 4.69) is 0 Å². The summed E-state index contributed by atoms with van der Waals surface area (Å²) in [6.45, 7) is 5.68. The van der Waals surface area contributed by atoms with Crippen molar-refractivity contribution in [1.82, 2.24) is 9.80 Å². The first-order valence-electron chi connectivity index (χ1n) is 10.1. The molecule has 1 unspecified atom stereocenters. The highest BCUT2D eigenvalue weighted by molar-refractivity contribution is 5.68. The SMILES string of the molecule is CC(C)(C)OC(=O)N1CCC(N2CCC(c3ccc(N)cc3F)CC2)C(F)(F)C1. The fourth-order valence-corrected chi connectivity index (χ4v) is 4.26. The summed E-state index contributed by atoms with van der Waals surface area (Å²) in [5, 5.41) is 0. The van der Waals surface area contributed by atoms with E-state index in [1.54, 1.807) is 37.8 Å². The summed E-state index contributed by atoms with van der Waals surface area (Å²) in [5.74, 6) is -3.35. The monoisotopic (exact) mass is 413 g/mol. The number of likely N-dealkylation sites (tertiary alicyclic amines) is 2. The van der Waals surface area contributed by atoms with Gasteiger partial charge < -0.3 is 15.4 Å². The molecule has 0 saturated carbocycles. The lowest BCUT2D eigenvalue weighted by atomic mass is 9.87. The molecule has 2 heterocycles. The van der Waals surface area contributed by atoms with Crippen molar-refractivity contribution in [3.05, 3.63) is 29.6 Å². The first-order valence-corrected chi connectivity index (χ1v) is 10.1. The number of anilines is 1. The van der Waals surface area contributed by atoms with E-state index in [0.29, 0.717) is 37.2 Å². The van der Waals surface area contributed by atoms with Crippen LogP contribution < -0.4 is 5.73 Å². The number of nitrogens with zero attached hydrogens (tertiary/aromatic N) is 2. The summed E-state index contributed by atoms with van der Waals surface area (Å²) in [6.07, 6.45) is 0.715. The Morgan fingerprint density at radius 1 is 1.17 bits per heavy atom. The second-order valence-electron chi connectivity index (χ2n) is 9.06. The quantitative estimate of drug-likeness (QED) is 0.737. The van der Waals surface area contributed by atoms with Crippen molar-refractivity contribution >= 4 is 11.8 Å². The zero-order chi connectivity index (χ0) is 21.4. The molecule has 162 valence electrons. The van der Waals surface area contributed by atoms with E-state index in [4.69, 9.17) is 10.5 Å². The molecule has 3 rings (SSSR count). The number of halogens is 3. The van der Waals surface area contributed by atoms with Gasteiger partial charge in [-0.1, -0.05) is 6.07 Å². The molecule has 0 aliphatic carbocycles. The Hall–Kier alpha value is -1.96. The van der Waals surface area contributed by atoms with Crippen LogP contribution in [0.5, 0.6) is 0 Å². The van der Waals surface area contributed by atoms with Gasteiger partial charge in [0.2, 0.25) is 0 Å². The zero-order valence-electron chi connectivity index (χ0n) is 17.3. The van der Waals surface area contributed by atoms with E-state index >= 15 is 0 Å². The molecule has 29 heavy (non-hydrogen) atoms. The zero-order valence-corrected chi connectivity index (χ0v) is 17.3. The molecule has 8 heteroatoms. The molecule has 1 aromatic rings. The van der Waals surface area contributed by atoms with Crippen molar-refractivity contribution in [2.75, 3.05) is 31.9 Å². The van der Waals surface area contributed by atoms with Gasteiger partial charge in [0.05, 0.1) is 12.6 Å². The first kappa shape index (κ1) is 21.7. The van der Waals surface area contributed by atoms with E-state index < -0.39 is 30.2 Å². The number of alkyl halides is 2. The number of ether oxygens (including phenoxy) is 1. The van der Waals surface area contributed by atoms with Gasteiger partial charge in [0.15, 0.2) is 0 Å². The van der Waals surface area contributed by atoms with Crippen LogP contribution >= 0.6 is 0 Å². The van der Waals surface area contributed by atoms with Crippen LogP contribution in [-0.2, 0) is 4.74 Å². The lowest BCUT2D eigenvalue weighted by Crippen LogP contribution is -2.60. The van der Waals surface area contributed by atoms with Crippen molar-refractivity contribution in [2.24, 2.45) is 0 Å². The molecule has 2 saturated heterocycles. The molecule has 2 N–H and O–H groups in total. The minimum absolute atomic E-state index is 0.00215. The molecule has 2 aliphatic heterocycles. The standard InChI is InChI=1S/C21H30F3N3O2/c1-20(2,3)29-19(28)27-11-8-18(21(23,24)13-27)26-9-6-14(7-10-26)16-5-4-15(25)12-17(16)22/h4-5,12,14,18H,6-11,13,25H2,1-3H3. The van der Waals surface area contributed by atoms with Gasteiger partial charge >= 0.3 is 6.09 Å². The van der Waals surface area contributed by atoms with Gasteiger partial charge in [0.1, 0.15) is 11.4 Å². The Morgan fingerprint density at radius 2 is 1.83 bits per heavy atom. The van der Waals surface area contributed by atoms with Gasteiger partial charge in [0.25, 0.3) is 5.92 Å². The van der Waals surface area contributed by atoms with E-state index in [1.807, 2.05) is 0 Å². The van der Waals surface area contributed by atoms with E-state index in [0.717, 1.165) is 4.90 Å². The first-order chi connectivity index (χ1) is 13.5. The number of carbonyl (C=O) groups excluding carboxylic acids is 1. The van der Waals surface area contributed by atoms with Crippen LogP contribution in [0.25, 0.3) is 0 Å². The average molecular weight is 413 g/mol. The number of piperidine rings is 2. The van der Waals surface area contributed by atoms with Gasteiger partial charge in [-0.05, 0) is 76.7 Å². The number of hydrogen-bond donors (Lipinski definition) is 1. The predicted octanol–water partition coefficient (Wildman–Crippen LogP) is 4.23. The Balaban J connectivity index is 1.59. The van der Waals surface area contributed by atoms with Crippen LogP contribution in [0, 0.1) is 5.82 Å². The number of amides is 1. The molecule has 0 spiro atoms. The van der Waals surface area contributed by atoms with Crippen molar-refractivity contribution in [3.63, 3.8) is 0 Å². The van der Waals surface area contributed by atoms with Gasteiger partial charge in [0, 0.05) is 12.2 Å². The highest BCUT2D eigenvalue weighted by atomic mass is 19.3. The molecule has 2 fully saturated rings. The Bertz CT molecular complexity index is 743.